The molecule has 0 aliphatic carbocycles. The van der Waals surface area contributed by atoms with Crippen LogP contribution in [0.2, 0.25) is 0 Å². The van der Waals surface area contributed by atoms with Gasteiger partial charge in [-0.1, -0.05) is 0 Å². The van der Waals surface area contributed by atoms with Crippen LogP contribution < -0.4 is 11.1 Å². The van der Waals surface area contributed by atoms with Crippen molar-refractivity contribution in [1.82, 2.24) is 5.32 Å². The Morgan fingerprint density at radius 1 is 1.53 bits per heavy atom. The first-order valence-corrected chi connectivity index (χ1v) is 4.56. The summed E-state index contributed by atoms with van der Waals surface area (Å²) in [6, 6.07) is -0.843. The lowest BCUT2D eigenvalue weighted by Gasteiger charge is -2.28. The third-order valence-corrected chi connectivity index (χ3v) is 1.81. The quantitative estimate of drug-likeness (QED) is 0.526. The second-order valence-corrected chi connectivity index (χ2v) is 4.02. The summed E-state index contributed by atoms with van der Waals surface area (Å²) in [5.74, 6) is -1.50. The van der Waals surface area contributed by atoms with Crippen LogP contribution in [0.5, 0.6) is 0 Å². The molecule has 4 N–H and O–H groups in total. The Balaban J connectivity index is 4.37. The molecule has 88 valence electrons. The van der Waals surface area contributed by atoms with Gasteiger partial charge in [0, 0.05) is 19.1 Å². The number of aliphatic carboxylic acids is 1. The molecule has 6 heteroatoms. The number of carboxylic acids is 1. The third-order valence-electron chi connectivity index (χ3n) is 1.81. The van der Waals surface area contributed by atoms with Crippen molar-refractivity contribution in [2.45, 2.75) is 31.8 Å². The second kappa shape index (κ2) is 5.67. The highest BCUT2D eigenvalue weighted by Crippen LogP contribution is 2.09. The molecule has 15 heavy (non-hydrogen) atoms. The molecular formula is C9H18N2O4. The number of hydrogen-bond acceptors (Lipinski definition) is 4. The highest BCUT2D eigenvalue weighted by atomic mass is 16.5. The number of carbonyl (C=O) groups excluding carboxylic acids is 1. The number of hydrogen-bond donors (Lipinski definition) is 3. The van der Waals surface area contributed by atoms with Gasteiger partial charge in [-0.15, -0.1) is 0 Å². The summed E-state index contributed by atoms with van der Waals surface area (Å²) in [5.41, 5.74) is 4.39. The van der Waals surface area contributed by atoms with E-state index in [-0.39, 0.29) is 13.0 Å². The number of primary amides is 1. The molecule has 0 aromatic carbocycles. The lowest BCUT2D eigenvalue weighted by Crippen LogP contribution is -2.53. The van der Waals surface area contributed by atoms with Crippen LogP contribution in [-0.4, -0.2) is 42.3 Å². The first-order valence-electron chi connectivity index (χ1n) is 4.56. The first-order chi connectivity index (χ1) is 6.78. The van der Waals surface area contributed by atoms with Gasteiger partial charge in [0.2, 0.25) is 5.91 Å². The van der Waals surface area contributed by atoms with E-state index in [4.69, 9.17) is 15.6 Å². The van der Waals surface area contributed by atoms with Gasteiger partial charge >= 0.3 is 5.97 Å². The highest BCUT2D eigenvalue weighted by Gasteiger charge is 2.27. The Morgan fingerprint density at radius 3 is 2.40 bits per heavy atom. The van der Waals surface area contributed by atoms with Crippen LogP contribution in [0.15, 0.2) is 0 Å². The summed E-state index contributed by atoms with van der Waals surface area (Å²) in [6.45, 7) is 3.46. The van der Waals surface area contributed by atoms with Gasteiger partial charge in [-0.05, 0) is 13.8 Å². The van der Waals surface area contributed by atoms with Gasteiger partial charge in [0.05, 0.1) is 6.61 Å². The maximum atomic E-state index is 10.8. The molecule has 1 atom stereocenters. The molecule has 0 aromatic heterocycles. The summed E-state index contributed by atoms with van der Waals surface area (Å²) in [6.07, 6.45) is 0.0699. The number of ether oxygens (including phenoxy) is 1. The lowest BCUT2D eigenvalue weighted by atomic mass is 9.99. The van der Waals surface area contributed by atoms with Gasteiger partial charge in [-0.2, -0.15) is 0 Å². The summed E-state index contributed by atoms with van der Waals surface area (Å²) in [5, 5.41) is 11.6. The fraction of sp³-hybridized carbons (Fsp3) is 0.778. The van der Waals surface area contributed by atoms with Crippen LogP contribution in [0.1, 0.15) is 20.3 Å². The fourth-order valence-electron chi connectivity index (χ4n) is 1.30. The average Bonchev–Trinajstić information content (AvgIpc) is 2.00. The largest absolute Gasteiger partial charge is 0.480 e. The van der Waals surface area contributed by atoms with Crippen molar-refractivity contribution in [3.63, 3.8) is 0 Å². The summed E-state index contributed by atoms with van der Waals surface area (Å²) >= 11 is 0. The molecule has 0 aromatic rings. The number of carboxylic acid groups (broad SMARTS) is 1. The van der Waals surface area contributed by atoms with E-state index >= 15 is 0 Å². The minimum absolute atomic E-state index is 0.0392. The number of nitrogens with one attached hydrogen (secondary N) is 1. The van der Waals surface area contributed by atoms with E-state index in [2.05, 4.69) is 5.32 Å². The van der Waals surface area contributed by atoms with Crippen molar-refractivity contribution < 1.29 is 19.4 Å². The van der Waals surface area contributed by atoms with E-state index < -0.39 is 23.5 Å². The Hall–Kier alpha value is -1.14. The SMILES string of the molecule is COCC(NC(C)(C)CC(N)=O)C(=O)O. The molecule has 0 saturated carbocycles. The van der Waals surface area contributed by atoms with Crippen molar-refractivity contribution in [1.29, 1.82) is 0 Å². The third kappa shape index (κ3) is 6.03. The lowest BCUT2D eigenvalue weighted by molar-refractivity contribution is -0.141. The number of nitrogens with two attached hydrogens (primary N) is 1. The predicted molar refractivity (Wildman–Crippen MR) is 54.3 cm³/mol. The Morgan fingerprint density at radius 2 is 2.07 bits per heavy atom. The number of amides is 1. The van der Waals surface area contributed by atoms with Crippen LogP contribution >= 0.6 is 0 Å². The molecule has 1 unspecified atom stereocenters. The molecule has 0 fully saturated rings. The molecule has 0 aliphatic rings. The van der Waals surface area contributed by atoms with Crippen molar-refractivity contribution in [3.8, 4) is 0 Å². The average molecular weight is 218 g/mol. The Kier molecular flexibility index (Phi) is 5.24. The van der Waals surface area contributed by atoms with Crippen LogP contribution in [0.3, 0.4) is 0 Å². The number of carbonyl (C=O) groups is 2. The second-order valence-electron chi connectivity index (χ2n) is 4.02. The van der Waals surface area contributed by atoms with Gasteiger partial charge in [-0.3, -0.25) is 14.9 Å². The van der Waals surface area contributed by atoms with E-state index in [1.54, 1.807) is 13.8 Å². The normalized spacial score (nSPS) is 13.5. The van der Waals surface area contributed by atoms with E-state index in [9.17, 15) is 9.59 Å². The predicted octanol–water partition coefficient (Wildman–Crippen LogP) is -0.670. The van der Waals surface area contributed by atoms with E-state index in [0.717, 1.165) is 0 Å². The zero-order chi connectivity index (χ0) is 12.1. The zero-order valence-corrected chi connectivity index (χ0v) is 9.24. The van der Waals surface area contributed by atoms with Gasteiger partial charge in [0.15, 0.2) is 0 Å². The van der Waals surface area contributed by atoms with Gasteiger partial charge < -0.3 is 15.6 Å². The first kappa shape index (κ1) is 13.9. The number of methoxy groups -OCH3 is 1. The molecule has 0 radical (unpaired) electrons. The molecule has 6 nitrogen and oxygen atoms in total. The summed E-state index contributed by atoms with van der Waals surface area (Å²) in [4.78, 5) is 21.5. The van der Waals surface area contributed by atoms with Crippen molar-refractivity contribution in [2.75, 3.05) is 13.7 Å². The van der Waals surface area contributed by atoms with Gasteiger partial charge in [0.1, 0.15) is 6.04 Å². The molecule has 0 heterocycles. The van der Waals surface area contributed by atoms with Crippen molar-refractivity contribution in [2.24, 2.45) is 5.73 Å². The van der Waals surface area contributed by atoms with E-state index in [0.29, 0.717) is 0 Å². The van der Waals surface area contributed by atoms with Crippen LogP contribution in [0.4, 0.5) is 0 Å². The van der Waals surface area contributed by atoms with Crippen molar-refractivity contribution >= 4 is 11.9 Å². The fourth-order valence-corrected chi connectivity index (χ4v) is 1.30. The van der Waals surface area contributed by atoms with E-state index in [1.165, 1.54) is 7.11 Å². The maximum absolute atomic E-state index is 10.8. The molecule has 1 amide bonds. The molecule has 0 saturated heterocycles. The van der Waals surface area contributed by atoms with Crippen molar-refractivity contribution in [3.05, 3.63) is 0 Å². The van der Waals surface area contributed by atoms with Crippen LogP contribution in [0, 0.1) is 0 Å². The maximum Gasteiger partial charge on any atom is 0.323 e. The van der Waals surface area contributed by atoms with Gasteiger partial charge in [-0.25, -0.2) is 0 Å². The topological polar surface area (TPSA) is 102 Å². The van der Waals surface area contributed by atoms with Crippen LogP contribution in [-0.2, 0) is 14.3 Å². The standard InChI is InChI=1S/C9H18N2O4/c1-9(2,4-7(10)12)11-6(5-15-3)8(13)14/h6,11H,4-5H2,1-3H3,(H2,10,12)(H,13,14). The Bertz CT molecular complexity index is 240. The zero-order valence-electron chi connectivity index (χ0n) is 9.24. The molecule has 0 rings (SSSR count). The monoisotopic (exact) mass is 218 g/mol. The van der Waals surface area contributed by atoms with Gasteiger partial charge in [0.25, 0.3) is 0 Å². The summed E-state index contributed by atoms with van der Waals surface area (Å²) in [7, 11) is 1.42. The smallest absolute Gasteiger partial charge is 0.323 e. The highest BCUT2D eigenvalue weighted by molar-refractivity contribution is 5.76. The number of rotatable bonds is 7. The molecule has 0 spiro atoms. The molecule has 0 aliphatic heterocycles. The summed E-state index contributed by atoms with van der Waals surface area (Å²) < 4.78 is 4.76. The molecule has 0 bridgehead atoms. The minimum atomic E-state index is -1.02. The van der Waals surface area contributed by atoms with E-state index in [1.807, 2.05) is 0 Å². The molecular weight excluding hydrogens is 200 g/mol. The minimum Gasteiger partial charge on any atom is -0.480 e. The van der Waals surface area contributed by atoms with Crippen LogP contribution in [0.25, 0.3) is 0 Å². The Labute approximate surface area is 88.8 Å².